The molecule has 0 aromatic rings. The summed E-state index contributed by atoms with van der Waals surface area (Å²) in [6.45, 7) is 5.34. The molecule has 2 atom stereocenters. The second-order valence-electron chi connectivity index (χ2n) is 4.66. The van der Waals surface area contributed by atoms with Gasteiger partial charge in [0.1, 0.15) is 0 Å². The van der Waals surface area contributed by atoms with E-state index < -0.39 is 0 Å². The predicted molar refractivity (Wildman–Crippen MR) is 47.9 cm³/mol. The lowest BCUT2D eigenvalue weighted by molar-refractivity contribution is -0.0105. The highest BCUT2D eigenvalue weighted by atomic mass is 16.5. The lowest BCUT2D eigenvalue weighted by Crippen LogP contribution is -2.49. The number of hydrogen-bond acceptors (Lipinski definition) is 2. The van der Waals surface area contributed by atoms with E-state index in [1.165, 1.54) is 18.4 Å². The Kier molecular flexibility index (Phi) is 1.77. The van der Waals surface area contributed by atoms with Crippen molar-refractivity contribution in [2.75, 3.05) is 6.54 Å². The summed E-state index contributed by atoms with van der Waals surface area (Å²) in [6, 6.07) is 0. The van der Waals surface area contributed by atoms with Gasteiger partial charge in [-0.05, 0) is 30.1 Å². The highest BCUT2D eigenvalue weighted by molar-refractivity contribution is 5.23. The van der Waals surface area contributed by atoms with Crippen LogP contribution >= 0.6 is 0 Å². The number of rotatable bonds is 2. The maximum Gasteiger partial charge on any atom is 0.0420 e. The number of hydrogen-bond donors (Lipinski definition) is 2. The van der Waals surface area contributed by atoms with Crippen LogP contribution in [0.4, 0.5) is 0 Å². The van der Waals surface area contributed by atoms with Crippen molar-refractivity contribution in [1.82, 2.24) is 5.48 Å². The van der Waals surface area contributed by atoms with Gasteiger partial charge in [-0.2, -0.15) is 0 Å². The summed E-state index contributed by atoms with van der Waals surface area (Å²) in [4.78, 5) is 0. The van der Waals surface area contributed by atoms with Crippen LogP contribution in [0.25, 0.3) is 0 Å². The van der Waals surface area contributed by atoms with Crippen LogP contribution in [0.1, 0.15) is 26.7 Å². The summed E-state index contributed by atoms with van der Waals surface area (Å²) in [5.41, 5.74) is 4.16. The Bertz CT molecular complexity index is 220. The molecule has 3 rings (SSSR count). The molecule has 2 nitrogen and oxygen atoms in total. The smallest absolute Gasteiger partial charge is 0.0420 e. The Morgan fingerprint density at radius 1 is 1.67 bits per heavy atom. The van der Waals surface area contributed by atoms with Crippen LogP contribution in [-0.4, -0.2) is 11.8 Å². The van der Waals surface area contributed by atoms with Gasteiger partial charge in [-0.15, -0.1) is 0 Å². The van der Waals surface area contributed by atoms with E-state index in [4.69, 9.17) is 5.21 Å². The van der Waals surface area contributed by atoms with E-state index in [-0.39, 0.29) is 0 Å². The van der Waals surface area contributed by atoms with Crippen LogP contribution in [0.5, 0.6) is 0 Å². The van der Waals surface area contributed by atoms with Crippen molar-refractivity contribution in [3.05, 3.63) is 11.6 Å². The molecule has 2 heteroatoms. The quantitative estimate of drug-likeness (QED) is 0.486. The molecular formula is C10H17NO. The first-order chi connectivity index (χ1) is 5.66. The van der Waals surface area contributed by atoms with E-state index in [9.17, 15) is 0 Å². The summed E-state index contributed by atoms with van der Waals surface area (Å²) in [6.07, 6.45) is 4.84. The normalized spacial score (nSPS) is 37.1. The van der Waals surface area contributed by atoms with E-state index in [0.717, 1.165) is 11.8 Å². The Labute approximate surface area is 73.6 Å². The lowest BCUT2D eigenvalue weighted by atomic mass is 9.49. The molecule has 0 saturated heterocycles. The highest BCUT2D eigenvalue weighted by Gasteiger charge is 2.50. The fraction of sp³-hybridized carbons (Fsp3) is 0.800. The third-order valence-corrected chi connectivity index (χ3v) is 3.87. The van der Waals surface area contributed by atoms with Crippen LogP contribution in [-0.2, 0) is 0 Å². The molecule has 1 fully saturated rings. The molecular weight excluding hydrogens is 150 g/mol. The molecule has 2 unspecified atom stereocenters. The van der Waals surface area contributed by atoms with Gasteiger partial charge in [-0.1, -0.05) is 25.5 Å². The molecule has 0 amide bonds. The third kappa shape index (κ3) is 0.947. The summed E-state index contributed by atoms with van der Waals surface area (Å²) in [5.74, 6) is 1.61. The Morgan fingerprint density at radius 2 is 2.42 bits per heavy atom. The SMILES string of the molecule is CC1(C)C2CC=C(CNO)C1C2. The van der Waals surface area contributed by atoms with Crippen molar-refractivity contribution < 1.29 is 5.21 Å². The van der Waals surface area contributed by atoms with Crippen molar-refractivity contribution in [3.8, 4) is 0 Å². The van der Waals surface area contributed by atoms with E-state index >= 15 is 0 Å². The van der Waals surface area contributed by atoms with Crippen LogP contribution < -0.4 is 5.48 Å². The summed E-state index contributed by atoms with van der Waals surface area (Å²) < 4.78 is 0. The number of hydroxylamine groups is 1. The maximum absolute atomic E-state index is 8.63. The maximum atomic E-state index is 8.63. The molecule has 0 spiro atoms. The van der Waals surface area contributed by atoms with E-state index in [1.807, 2.05) is 0 Å². The van der Waals surface area contributed by atoms with Gasteiger partial charge in [0.15, 0.2) is 0 Å². The molecule has 3 aliphatic carbocycles. The molecule has 12 heavy (non-hydrogen) atoms. The molecule has 3 aliphatic rings. The van der Waals surface area contributed by atoms with Gasteiger partial charge in [0, 0.05) is 6.54 Å². The minimum Gasteiger partial charge on any atom is -0.317 e. The summed E-state index contributed by atoms with van der Waals surface area (Å²) >= 11 is 0. The van der Waals surface area contributed by atoms with Crippen LogP contribution in [0.3, 0.4) is 0 Å². The van der Waals surface area contributed by atoms with Gasteiger partial charge in [-0.25, -0.2) is 5.48 Å². The number of fused-ring (bicyclic) bond motifs is 1. The molecule has 1 saturated carbocycles. The average molecular weight is 167 g/mol. The molecule has 0 aromatic heterocycles. The molecule has 0 radical (unpaired) electrons. The first kappa shape index (κ1) is 8.27. The standard InChI is InChI=1S/C10H17NO/c1-10(2)8-4-3-7(6-11-12)9(10)5-8/h3,8-9,11-12H,4-6H2,1-2H3. The van der Waals surface area contributed by atoms with Gasteiger partial charge in [0.25, 0.3) is 0 Å². The van der Waals surface area contributed by atoms with Crippen molar-refractivity contribution in [3.63, 3.8) is 0 Å². The van der Waals surface area contributed by atoms with Crippen molar-refractivity contribution in [1.29, 1.82) is 0 Å². The Hall–Kier alpha value is -0.340. The second kappa shape index (κ2) is 2.57. The minimum absolute atomic E-state index is 0.487. The largest absolute Gasteiger partial charge is 0.317 e. The van der Waals surface area contributed by atoms with Crippen LogP contribution in [0.15, 0.2) is 11.6 Å². The molecule has 0 aliphatic heterocycles. The molecule has 68 valence electrons. The molecule has 0 heterocycles. The monoisotopic (exact) mass is 167 g/mol. The predicted octanol–water partition coefficient (Wildman–Crippen LogP) is 1.96. The van der Waals surface area contributed by atoms with Gasteiger partial charge in [0.05, 0.1) is 0 Å². The first-order valence-corrected chi connectivity index (χ1v) is 4.72. The number of nitrogens with one attached hydrogen (secondary N) is 1. The topological polar surface area (TPSA) is 32.3 Å². The minimum atomic E-state index is 0.487. The van der Waals surface area contributed by atoms with Gasteiger partial charge in [0.2, 0.25) is 0 Å². The summed E-state index contributed by atoms with van der Waals surface area (Å²) in [5, 5.41) is 8.63. The van der Waals surface area contributed by atoms with E-state index in [1.54, 1.807) is 0 Å². The number of allylic oxidation sites excluding steroid dienone is 1. The Morgan fingerprint density at radius 3 is 2.92 bits per heavy atom. The zero-order chi connectivity index (χ0) is 8.77. The first-order valence-electron chi connectivity index (χ1n) is 4.72. The molecule has 2 bridgehead atoms. The Balaban J connectivity index is 2.13. The van der Waals surface area contributed by atoms with Crippen molar-refractivity contribution >= 4 is 0 Å². The fourth-order valence-electron chi connectivity index (χ4n) is 2.77. The summed E-state index contributed by atoms with van der Waals surface area (Å²) in [7, 11) is 0. The zero-order valence-corrected chi connectivity index (χ0v) is 7.80. The zero-order valence-electron chi connectivity index (χ0n) is 7.80. The highest BCUT2D eigenvalue weighted by Crippen LogP contribution is 2.58. The van der Waals surface area contributed by atoms with E-state index in [2.05, 4.69) is 25.4 Å². The van der Waals surface area contributed by atoms with Crippen molar-refractivity contribution in [2.24, 2.45) is 17.3 Å². The van der Waals surface area contributed by atoms with Crippen LogP contribution in [0.2, 0.25) is 0 Å². The molecule has 0 aromatic carbocycles. The van der Waals surface area contributed by atoms with Gasteiger partial charge >= 0.3 is 0 Å². The van der Waals surface area contributed by atoms with E-state index in [0.29, 0.717) is 12.0 Å². The van der Waals surface area contributed by atoms with Gasteiger partial charge < -0.3 is 5.21 Å². The fourth-order valence-corrected chi connectivity index (χ4v) is 2.77. The van der Waals surface area contributed by atoms with Crippen molar-refractivity contribution in [2.45, 2.75) is 26.7 Å². The lowest BCUT2D eigenvalue weighted by Gasteiger charge is -2.56. The third-order valence-electron chi connectivity index (χ3n) is 3.87. The van der Waals surface area contributed by atoms with Gasteiger partial charge in [-0.3, -0.25) is 0 Å². The molecule has 2 N–H and O–H groups in total. The average Bonchev–Trinajstić information content (AvgIpc) is 2.05. The van der Waals surface area contributed by atoms with Crippen LogP contribution in [0, 0.1) is 17.3 Å². The second-order valence-corrected chi connectivity index (χ2v) is 4.66.